The van der Waals surface area contributed by atoms with Gasteiger partial charge in [-0.15, -0.1) is 0 Å². The molecule has 1 aromatic heterocycles. The van der Waals surface area contributed by atoms with E-state index in [1.807, 2.05) is 24.3 Å². The van der Waals surface area contributed by atoms with E-state index in [-0.39, 0.29) is 0 Å². The zero-order valence-corrected chi connectivity index (χ0v) is 17.4. The van der Waals surface area contributed by atoms with Crippen molar-refractivity contribution < 1.29 is 14.7 Å². The minimum atomic E-state index is -0.449. The first-order valence-corrected chi connectivity index (χ1v) is 10.9. The number of hydrogen-bond donors (Lipinski definition) is 2. The molecule has 5 rings (SSSR count). The fourth-order valence-electron chi connectivity index (χ4n) is 5.34. The summed E-state index contributed by atoms with van der Waals surface area (Å²) in [4.78, 5) is 1.51. The molecule has 0 bridgehead atoms. The highest BCUT2D eigenvalue weighted by molar-refractivity contribution is 5.86. The molecule has 0 saturated carbocycles. The van der Waals surface area contributed by atoms with E-state index in [2.05, 4.69) is 36.6 Å². The monoisotopic (exact) mass is 391 g/mol. The van der Waals surface area contributed by atoms with Crippen molar-refractivity contribution in [1.82, 2.24) is 4.57 Å². The third-order valence-corrected chi connectivity index (χ3v) is 6.73. The lowest BCUT2D eigenvalue weighted by atomic mass is 9.89. The molecule has 4 nitrogen and oxygen atoms in total. The van der Waals surface area contributed by atoms with Gasteiger partial charge in [0.2, 0.25) is 0 Å². The van der Waals surface area contributed by atoms with Gasteiger partial charge in [0, 0.05) is 17.3 Å². The summed E-state index contributed by atoms with van der Waals surface area (Å²) in [5, 5.41) is 12.1. The van der Waals surface area contributed by atoms with Gasteiger partial charge in [0.1, 0.15) is 31.0 Å². The van der Waals surface area contributed by atoms with Gasteiger partial charge in [-0.1, -0.05) is 29.3 Å². The van der Waals surface area contributed by atoms with Gasteiger partial charge >= 0.3 is 0 Å². The van der Waals surface area contributed by atoms with Crippen LogP contribution in [0.2, 0.25) is 0 Å². The maximum Gasteiger partial charge on any atom is 0.137 e. The fraction of sp³-hybridized carbons (Fsp3) is 0.440. The van der Waals surface area contributed by atoms with E-state index in [1.54, 1.807) is 5.56 Å². The summed E-state index contributed by atoms with van der Waals surface area (Å²) in [6, 6.07) is 15.4. The number of rotatable bonds is 5. The lowest BCUT2D eigenvalue weighted by molar-refractivity contribution is -0.939. The van der Waals surface area contributed by atoms with Crippen LogP contribution in [0.1, 0.15) is 41.3 Å². The fourth-order valence-corrected chi connectivity index (χ4v) is 5.34. The van der Waals surface area contributed by atoms with E-state index in [0.717, 1.165) is 25.4 Å². The molecule has 3 atom stereocenters. The minimum absolute atomic E-state index is 0.355. The lowest BCUT2D eigenvalue weighted by Crippen LogP contribution is -3.14. The lowest BCUT2D eigenvalue weighted by Gasteiger charge is -2.37. The topological polar surface area (TPSA) is 38.8 Å². The molecule has 2 aliphatic rings. The van der Waals surface area contributed by atoms with Gasteiger partial charge in [0.25, 0.3) is 0 Å². The van der Waals surface area contributed by atoms with Crippen LogP contribution < -0.4 is 9.64 Å². The van der Waals surface area contributed by atoms with Crippen LogP contribution >= 0.6 is 0 Å². The average Bonchev–Trinajstić information content (AvgIpc) is 3.04. The highest BCUT2D eigenvalue weighted by Gasteiger charge is 2.38. The first-order valence-electron chi connectivity index (χ1n) is 10.9. The van der Waals surface area contributed by atoms with Crippen LogP contribution in [0.15, 0.2) is 42.5 Å². The number of fused-ring (bicyclic) bond motifs is 3. The number of benzene rings is 2. The molecule has 0 amide bonds. The zero-order valence-electron chi connectivity index (χ0n) is 17.4. The number of aliphatic hydroxyl groups is 1. The summed E-state index contributed by atoms with van der Waals surface area (Å²) < 4.78 is 8.40. The summed E-state index contributed by atoms with van der Waals surface area (Å²) in [5.41, 5.74) is 7.04. The smallest absolute Gasteiger partial charge is 0.137 e. The number of nitrogens with zero attached hydrogens (tertiary/aromatic N) is 1. The molecular weight excluding hydrogens is 360 g/mol. The van der Waals surface area contributed by atoms with Crippen LogP contribution in [0.5, 0.6) is 5.75 Å². The standard InChI is InChI=1S/C25H30N2O2/c1-17-6-9-20(10-7-17)29-16-19(28)15-26-12-13-27-23-11-8-18(2)14-22(23)21-4-3-5-24(26)25(21)27/h6-11,14,19,24,28H,3-5,12-13,15-16H2,1-2H3/p+1/t19-,24+/m1/s1. The largest absolute Gasteiger partial charge is 0.491 e. The van der Waals surface area contributed by atoms with Gasteiger partial charge in [-0.25, -0.2) is 0 Å². The predicted molar refractivity (Wildman–Crippen MR) is 116 cm³/mol. The molecule has 1 unspecified atom stereocenters. The Hall–Kier alpha value is -2.30. The summed E-state index contributed by atoms with van der Waals surface area (Å²) in [6.07, 6.45) is 3.19. The van der Waals surface area contributed by atoms with Crippen molar-refractivity contribution in [3.05, 3.63) is 64.8 Å². The molecule has 1 aliphatic heterocycles. The van der Waals surface area contributed by atoms with E-state index >= 15 is 0 Å². The SMILES string of the molecule is Cc1ccc(OC[C@H](O)C[NH+]2CCn3c4c(c5cc(C)ccc53)CCC[C@@H]42)cc1. The second-order valence-corrected chi connectivity index (χ2v) is 8.87. The third kappa shape index (κ3) is 3.45. The van der Waals surface area contributed by atoms with Crippen molar-refractivity contribution in [3.8, 4) is 5.75 Å². The number of aromatic nitrogens is 1. The first kappa shape index (κ1) is 18.7. The highest BCUT2D eigenvalue weighted by atomic mass is 16.5. The van der Waals surface area contributed by atoms with E-state index in [9.17, 15) is 5.11 Å². The number of hydrogen-bond acceptors (Lipinski definition) is 2. The molecule has 3 aromatic rings. The van der Waals surface area contributed by atoms with Crippen molar-refractivity contribution >= 4 is 10.9 Å². The molecule has 0 fully saturated rings. The number of aryl methyl sites for hydroxylation is 3. The molecule has 2 heterocycles. The van der Waals surface area contributed by atoms with E-state index in [0.29, 0.717) is 12.6 Å². The van der Waals surface area contributed by atoms with Crippen LogP contribution in [0.3, 0.4) is 0 Å². The Labute approximate surface area is 172 Å². The molecule has 0 saturated heterocycles. The van der Waals surface area contributed by atoms with Crippen molar-refractivity contribution in [2.75, 3.05) is 19.7 Å². The molecule has 1 aliphatic carbocycles. The molecule has 0 spiro atoms. The van der Waals surface area contributed by atoms with Gasteiger partial charge in [-0.2, -0.15) is 0 Å². The Morgan fingerprint density at radius 2 is 1.93 bits per heavy atom. The molecule has 4 heteroatoms. The number of nitrogens with one attached hydrogen (secondary N) is 1. The number of aliphatic hydroxyl groups excluding tert-OH is 1. The summed E-state index contributed by atoms with van der Waals surface area (Å²) in [7, 11) is 0. The molecule has 0 radical (unpaired) electrons. The average molecular weight is 392 g/mol. The zero-order chi connectivity index (χ0) is 20.0. The minimum Gasteiger partial charge on any atom is -0.491 e. The van der Waals surface area contributed by atoms with Crippen LogP contribution in [0, 0.1) is 13.8 Å². The Morgan fingerprint density at radius 1 is 1.14 bits per heavy atom. The summed E-state index contributed by atoms with van der Waals surface area (Å²) in [5.74, 6) is 0.832. The molecule has 152 valence electrons. The first-order chi connectivity index (χ1) is 14.1. The Balaban J connectivity index is 1.33. The maximum absolute atomic E-state index is 10.7. The molecule has 29 heavy (non-hydrogen) atoms. The number of ether oxygens (including phenoxy) is 1. The van der Waals surface area contributed by atoms with Gasteiger partial charge in [0.15, 0.2) is 0 Å². The van der Waals surface area contributed by atoms with Gasteiger partial charge < -0.3 is 19.3 Å². The van der Waals surface area contributed by atoms with Crippen LogP contribution in [0.25, 0.3) is 10.9 Å². The summed E-state index contributed by atoms with van der Waals surface area (Å²) in [6.45, 7) is 7.45. The number of quaternary nitrogens is 1. The van der Waals surface area contributed by atoms with Crippen molar-refractivity contribution in [2.24, 2.45) is 0 Å². The normalized spacial score (nSPS) is 21.8. The van der Waals surface area contributed by atoms with Gasteiger partial charge in [0.05, 0.1) is 18.8 Å². The van der Waals surface area contributed by atoms with Crippen LogP contribution in [-0.2, 0) is 13.0 Å². The van der Waals surface area contributed by atoms with Crippen molar-refractivity contribution in [2.45, 2.75) is 51.8 Å². The molecule has 2 N–H and O–H groups in total. The second kappa shape index (κ2) is 7.51. The summed E-state index contributed by atoms with van der Waals surface area (Å²) >= 11 is 0. The second-order valence-electron chi connectivity index (χ2n) is 8.87. The Bertz CT molecular complexity index is 1020. The van der Waals surface area contributed by atoms with Gasteiger partial charge in [-0.3, -0.25) is 0 Å². The van der Waals surface area contributed by atoms with E-state index < -0.39 is 6.10 Å². The van der Waals surface area contributed by atoms with Crippen LogP contribution in [0.4, 0.5) is 0 Å². The molecular formula is C25H31N2O2+. The Morgan fingerprint density at radius 3 is 2.76 bits per heavy atom. The Kier molecular flexibility index (Phi) is 4.84. The maximum atomic E-state index is 10.7. The highest BCUT2D eigenvalue weighted by Crippen LogP contribution is 2.37. The van der Waals surface area contributed by atoms with Crippen LogP contribution in [-0.4, -0.2) is 35.5 Å². The quantitative estimate of drug-likeness (QED) is 0.702. The van der Waals surface area contributed by atoms with Crippen molar-refractivity contribution in [1.29, 1.82) is 0 Å². The van der Waals surface area contributed by atoms with E-state index in [1.165, 1.54) is 51.9 Å². The molecule has 2 aromatic carbocycles. The predicted octanol–water partition coefficient (Wildman–Crippen LogP) is 2.97. The van der Waals surface area contributed by atoms with E-state index in [4.69, 9.17) is 4.74 Å². The third-order valence-electron chi connectivity index (χ3n) is 6.73. The van der Waals surface area contributed by atoms with Gasteiger partial charge in [-0.05, 0) is 56.5 Å². The van der Waals surface area contributed by atoms with Crippen molar-refractivity contribution in [3.63, 3.8) is 0 Å².